The molecule has 2 heterocycles. The van der Waals surface area contributed by atoms with E-state index in [-0.39, 0.29) is 22.2 Å². The number of nitrogens with zero attached hydrogens (tertiary/aromatic N) is 1. The lowest BCUT2D eigenvalue weighted by atomic mass is 9.82. The van der Waals surface area contributed by atoms with Gasteiger partial charge in [0.2, 0.25) is 0 Å². The van der Waals surface area contributed by atoms with Gasteiger partial charge in [-0.2, -0.15) is 0 Å². The Hall–Kier alpha value is -1.98. The number of piperidine rings is 1. The van der Waals surface area contributed by atoms with Crippen LogP contribution in [-0.4, -0.2) is 29.1 Å². The quantitative estimate of drug-likeness (QED) is 0.748. The van der Waals surface area contributed by atoms with Crippen molar-refractivity contribution in [3.8, 4) is 0 Å². The fourth-order valence-corrected chi connectivity index (χ4v) is 2.36. The molecule has 2 rings (SSSR count). The number of carboxylic acids is 1. The highest BCUT2D eigenvalue weighted by molar-refractivity contribution is 5.98. The second-order valence-corrected chi connectivity index (χ2v) is 5.77. The van der Waals surface area contributed by atoms with Crippen LogP contribution in [0, 0.1) is 5.41 Å². The molecule has 0 atom stereocenters. The highest BCUT2D eigenvalue weighted by Gasteiger charge is 2.28. The Labute approximate surface area is 111 Å². The van der Waals surface area contributed by atoms with Crippen molar-refractivity contribution in [2.75, 3.05) is 23.7 Å². The van der Waals surface area contributed by atoms with Gasteiger partial charge in [0.25, 0.3) is 5.56 Å². The van der Waals surface area contributed by atoms with Crippen LogP contribution in [0.3, 0.4) is 0 Å². The van der Waals surface area contributed by atoms with E-state index in [0.717, 1.165) is 18.9 Å². The molecular weight excluding hydrogens is 246 g/mol. The zero-order chi connectivity index (χ0) is 14.2. The maximum Gasteiger partial charge on any atom is 0.341 e. The molecule has 1 fully saturated rings. The molecule has 1 aliphatic rings. The highest BCUT2D eigenvalue weighted by Crippen LogP contribution is 2.33. The van der Waals surface area contributed by atoms with Gasteiger partial charge in [-0.25, -0.2) is 4.79 Å². The van der Waals surface area contributed by atoms with Gasteiger partial charge in [-0.1, -0.05) is 13.8 Å². The maximum atomic E-state index is 11.5. The molecule has 0 bridgehead atoms. The second kappa shape index (κ2) is 4.60. The van der Waals surface area contributed by atoms with Crippen molar-refractivity contribution < 1.29 is 9.90 Å². The first-order valence-electron chi connectivity index (χ1n) is 6.31. The van der Waals surface area contributed by atoms with Gasteiger partial charge in [-0.05, 0) is 18.3 Å². The Kier molecular flexibility index (Phi) is 3.26. The van der Waals surface area contributed by atoms with Gasteiger partial charge in [0.05, 0.1) is 5.69 Å². The number of nitrogen functional groups attached to an aromatic ring is 1. The second-order valence-electron chi connectivity index (χ2n) is 5.77. The molecule has 0 aromatic carbocycles. The predicted octanol–water partition coefficient (Wildman–Crippen LogP) is 1.28. The molecule has 0 aliphatic carbocycles. The molecule has 6 nitrogen and oxygen atoms in total. The summed E-state index contributed by atoms with van der Waals surface area (Å²) in [6.45, 7) is 5.80. The third kappa shape index (κ3) is 2.72. The zero-order valence-corrected chi connectivity index (χ0v) is 11.2. The largest absolute Gasteiger partial charge is 0.477 e. The van der Waals surface area contributed by atoms with Crippen LogP contribution in [-0.2, 0) is 0 Å². The minimum atomic E-state index is -1.12. The van der Waals surface area contributed by atoms with E-state index in [1.54, 1.807) is 0 Å². The number of hydrogen-bond acceptors (Lipinski definition) is 4. The summed E-state index contributed by atoms with van der Waals surface area (Å²) in [6.07, 6.45) is 1.89. The van der Waals surface area contributed by atoms with Crippen LogP contribution in [0.4, 0.5) is 11.5 Å². The summed E-state index contributed by atoms with van der Waals surface area (Å²) in [4.78, 5) is 27.3. The number of nitrogens with two attached hydrogens (primary N) is 1. The van der Waals surface area contributed by atoms with E-state index in [1.165, 1.54) is 0 Å². The normalized spacial score (nSPS) is 18.3. The van der Waals surface area contributed by atoms with Crippen LogP contribution in [0.5, 0.6) is 0 Å². The molecule has 6 heteroatoms. The molecule has 0 radical (unpaired) electrons. The minimum Gasteiger partial charge on any atom is -0.477 e. The standard InChI is InChI=1S/C13H19N3O3/c1-13(2)3-5-16(6-4-13)11-10(12(18)19)8(14)7-9(17)15-11/h7H,3-6H2,1-2H3,(H,18,19)(H3,14,15,17). The number of aromatic amines is 1. The number of anilines is 2. The van der Waals surface area contributed by atoms with E-state index in [1.807, 2.05) is 4.90 Å². The van der Waals surface area contributed by atoms with Crippen LogP contribution in [0.2, 0.25) is 0 Å². The van der Waals surface area contributed by atoms with Crippen molar-refractivity contribution in [1.29, 1.82) is 0 Å². The van der Waals surface area contributed by atoms with Crippen LogP contribution in [0.25, 0.3) is 0 Å². The average Bonchev–Trinajstić information content (AvgIpc) is 2.26. The van der Waals surface area contributed by atoms with Crippen molar-refractivity contribution in [2.45, 2.75) is 26.7 Å². The monoisotopic (exact) mass is 265 g/mol. The number of carbonyl (C=O) groups is 1. The van der Waals surface area contributed by atoms with Gasteiger partial charge in [-0.15, -0.1) is 0 Å². The smallest absolute Gasteiger partial charge is 0.341 e. The molecule has 0 amide bonds. The van der Waals surface area contributed by atoms with Gasteiger partial charge in [-0.3, -0.25) is 4.79 Å². The Morgan fingerprint density at radius 1 is 1.42 bits per heavy atom. The summed E-state index contributed by atoms with van der Waals surface area (Å²) in [5.41, 5.74) is 5.53. The molecule has 1 aliphatic heterocycles. The summed E-state index contributed by atoms with van der Waals surface area (Å²) in [5, 5.41) is 9.24. The number of H-pyrrole nitrogens is 1. The van der Waals surface area contributed by atoms with Crippen LogP contribution >= 0.6 is 0 Å². The van der Waals surface area contributed by atoms with Crippen molar-refractivity contribution >= 4 is 17.5 Å². The minimum absolute atomic E-state index is 0.0103. The number of carboxylic acid groups (broad SMARTS) is 1. The molecule has 1 aromatic rings. The lowest BCUT2D eigenvalue weighted by Gasteiger charge is -2.38. The molecule has 1 saturated heterocycles. The number of pyridine rings is 1. The number of aromatic carboxylic acids is 1. The molecule has 0 spiro atoms. The van der Waals surface area contributed by atoms with Crippen LogP contribution in [0.15, 0.2) is 10.9 Å². The van der Waals surface area contributed by atoms with Gasteiger partial charge >= 0.3 is 5.97 Å². The highest BCUT2D eigenvalue weighted by atomic mass is 16.4. The van der Waals surface area contributed by atoms with Gasteiger partial charge in [0.1, 0.15) is 11.4 Å². The molecule has 4 N–H and O–H groups in total. The predicted molar refractivity (Wildman–Crippen MR) is 73.7 cm³/mol. The fourth-order valence-electron chi connectivity index (χ4n) is 2.36. The summed E-state index contributed by atoms with van der Waals surface area (Å²) in [5.74, 6) is -0.790. The Bertz CT molecular complexity index is 553. The van der Waals surface area contributed by atoms with Gasteiger partial charge in [0, 0.05) is 19.2 Å². The van der Waals surface area contributed by atoms with Crippen molar-refractivity contribution in [3.63, 3.8) is 0 Å². The molecule has 0 saturated carbocycles. The topological polar surface area (TPSA) is 99.4 Å². The molecule has 1 aromatic heterocycles. The number of nitrogens with one attached hydrogen (secondary N) is 1. The summed E-state index contributed by atoms with van der Waals surface area (Å²) < 4.78 is 0. The average molecular weight is 265 g/mol. The molecule has 0 unspecified atom stereocenters. The zero-order valence-electron chi connectivity index (χ0n) is 11.2. The van der Waals surface area contributed by atoms with E-state index in [2.05, 4.69) is 18.8 Å². The molecular formula is C13H19N3O3. The van der Waals surface area contributed by atoms with Gasteiger partial charge in [0.15, 0.2) is 0 Å². The SMILES string of the molecule is CC1(C)CCN(c2[nH]c(=O)cc(N)c2C(=O)O)CC1. The van der Waals surface area contributed by atoms with E-state index in [4.69, 9.17) is 5.73 Å². The number of aromatic nitrogens is 1. The van der Waals surface area contributed by atoms with Crippen LogP contribution < -0.4 is 16.2 Å². The van der Waals surface area contributed by atoms with E-state index in [9.17, 15) is 14.7 Å². The van der Waals surface area contributed by atoms with Crippen LogP contribution in [0.1, 0.15) is 37.0 Å². The summed E-state index contributed by atoms with van der Waals surface area (Å²) in [6, 6.07) is 1.11. The van der Waals surface area contributed by atoms with E-state index < -0.39 is 5.97 Å². The third-order valence-corrected chi connectivity index (χ3v) is 3.70. The summed E-state index contributed by atoms with van der Waals surface area (Å²) in [7, 11) is 0. The van der Waals surface area contributed by atoms with Gasteiger partial charge < -0.3 is 20.7 Å². The van der Waals surface area contributed by atoms with Crippen molar-refractivity contribution in [2.24, 2.45) is 5.41 Å². The number of rotatable bonds is 2. The van der Waals surface area contributed by atoms with E-state index in [0.29, 0.717) is 18.9 Å². The number of hydrogen-bond donors (Lipinski definition) is 3. The fraction of sp³-hybridized carbons (Fsp3) is 0.538. The van der Waals surface area contributed by atoms with Crippen molar-refractivity contribution in [1.82, 2.24) is 4.98 Å². The lowest BCUT2D eigenvalue weighted by Crippen LogP contribution is -2.39. The first kappa shape index (κ1) is 13.5. The van der Waals surface area contributed by atoms with E-state index >= 15 is 0 Å². The Morgan fingerprint density at radius 2 is 2.00 bits per heavy atom. The first-order valence-corrected chi connectivity index (χ1v) is 6.31. The first-order chi connectivity index (χ1) is 8.80. The maximum absolute atomic E-state index is 11.5. The van der Waals surface area contributed by atoms with Crippen molar-refractivity contribution in [3.05, 3.63) is 22.0 Å². The lowest BCUT2D eigenvalue weighted by molar-refractivity contribution is 0.0698. The Balaban J connectivity index is 2.40. The molecule has 19 heavy (non-hydrogen) atoms. The summed E-state index contributed by atoms with van der Waals surface area (Å²) >= 11 is 0. The Morgan fingerprint density at radius 3 is 2.53 bits per heavy atom. The molecule has 104 valence electrons. The third-order valence-electron chi connectivity index (χ3n) is 3.70.